The largest absolute Gasteiger partial charge is 0.497 e. The van der Waals surface area contributed by atoms with E-state index in [1.165, 1.54) is 56.0 Å². The van der Waals surface area contributed by atoms with Crippen LogP contribution in [0.3, 0.4) is 0 Å². The summed E-state index contributed by atoms with van der Waals surface area (Å²) in [7, 11) is 1.66. The Kier molecular flexibility index (Phi) is 11.3. The molecule has 9 aromatic rings. The first kappa shape index (κ1) is 42.1. The van der Waals surface area contributed by atoms with E-state index in [4.69, 9.17) is 21.1 Å². The Morgan fingerprint density at radius 2 is 1.45 bits per heavy atom. The van der Waals surface area contributed by atoms with Gasteiger partial charge < -0.3 is 19.3 Å². The van der Waals surface area contributed by atoms with E-state index >= 15 is 0 Å². The molecule has 0 radical (unpaired) electrons. The second kappa shape index (κ2) is 17.7. The highest BCUT2D eigenvalue weighted by molar-refractivity contribution is 7.23. The van der Waals surface area contributed by atoms with Crippen LogP contribution in [0.25, 0.3) is 31.7 Å². The molecule has 20 heteroatoms. The lowest BCUT2D eigenvalue weighted by atomic mass is 9.98. The number of benzene rings is 2. The Hall–Kier alpha value is -6.54. The van der Waals surface area contributed by atoms with Crippen molar-refractivity contribution in [3.63, 3.8) is 0 Å². The third-order valence-corrected chi connectivity index (χ3v) is 15.5. The number of anilines is 1. The Morgan fingerprint density at radius 3 is 2.11 bits per heavy atom. The van der Waals surface area contributed by atoms with Gasteiger partial charge >= 0.3 is 11.4 Å². The van der Waals surface area contributed by atoms with Crippen molar-refractivity contribution in [1.29, 1.82) is 0 Å². The van der Waals surface area contributed by atoms with Gasteiger partial charge in [-0.25, -0.2) is 24.5 Å². The van der Waals surface area contributed by atoms with Gasteiger partial charge in [-0.3, -0.25) is 18.9 Å². The number of thiophene rings is 2. The van der Waals surface area contributed by atoms with E-state index in [1.807, 2.05) is 53.1 Å². The second-order valence-corrected chi connectivity index (χ2v) is 19.1. The number of methoxy groups -OCH3 is 1. The monoisotopic (exact) mass is 942 g/mol. The number of carbonyl (C=O) groups excluding carboxylic acids is 1. The number of hydrogen-bond acceptors (Lipinski definition) is 14. The Bertz CT molecular complexity index is 3370. The van der Waals surface area contributed by atoms with Gasteiger partial charge in [-0.2, -0.15) is 19.2 Å². The summed E-state index contributed by atoms with van der Waals surface area (Å²) >= 11 is 9.28. The highest BCUT2D eigenvalue weighted by atomic mass is 35.5. The molecule has 0 saturated carbocycles. The van der Waals surface area contributed by atoms with E-state index in [0.29, 0.717) is 60.5 Å². The number of carbonyl (C=O) groups is 1. The summed E-state index contributed by atoms with van der Waals surface area (Å²) < 4.78 is 17.2. The van der Waals surface area contributed by atoms with Gasteiger partial charge in [-0.15, -0.1) is 11.3 Å². The van der Waals surface area contributed by atoms with E-state index < -0.39 is 0 Å². The van der Waals surface area contributed by atoms with Crippen LogP contribution in [-0.2, 0) is 37.2 Å². The molecule has 0 atom stereocenters. The van der Waals surface area contributed by atoms with E-state index in [1.54, 1.807) is 34.1 Å². The van der Waals surface area contributed by atoms with Crippen LogP contribution in [0.4, 0.5) is 5.00 Å². The number of aromatic nitrogens is 10. The van der Waals surface area contributed by atoms with E-state index in [0.717, 1.165) is 99.7 Å². The number of fused-ring (bicyclic) bond motifs is 10. The van der Waals surface area contributed by atoms with Crippen molar-refractivity contribution in [2.24, 2.45) is 5.92 Å². The van der Waals surface area contributed by atoms with Crippen LogP contribution in [0.5, 0.6) is 5.75 Å². The first-order chi connectivity index (χ1) is 32.3. The zero-order chi connectivity index (χ0) is 44.9. The van der Waals surface area contributed by atoms with Crippen molar-refractivity contribution in [2.45, 2.75) is 51.7 Å². The van der Waals surface area contributed by atoms with Crippen LogP contribution >= 0.6 is 34.3 Å². The molecule has 0 bridgehead atoms. The van der Waals surface area contributed by atoms with Crippen LogP contribution in [0, 0.1) is 5.92 Å². The number of aryl methyl sites for hydroxylation is 1. The fourth-order valence-electron chi connectivity index (χ4n) is 9.34. The van der Waals surface area contributed by atoms with Crippen molar-refractivity contribution in [1.82, 2.24) is 53.2 Å². The van der Waals surface area contributed by atoms with Gasteiger partial charge in [0.15, 0.2) is 11.3 Å². The fraction of sp³-hybridized carbons (Fsp3) is 0.326. The Balaban J connectivity index is 0.000000146. The topological polar surface area (TPSA) is 172 Å². The molecular weight excluding hydrogens is 900 g/mol. The standard InChI is InChI=1S/C24H27N5O3S.C22H16ClN7O2S/c1-31-18-6-4-16(5-7-18)14-28-23-20(21-25-15-26-29(21)24(28)30)19-3-2-10-27(22(19)33-23)13-17-8-11-32-12-9-17;23-14-3-1-13(2-4-14)10-29-21-18(19-26-12-27-30(19)22(29)32)15-5-8-28(11-17(15)33-21)20(31)16-9-24-6-7-25-16/h4-7,15,17H,2-3,8-14H2,1H3;1-4,6-7,9,12H,5,8,10-11H2. The highest BCUT2D eigenvalue weighted by Crippen LogP contribution is 2.43. The van der Waals surface area contributed by atoms with Crippen molar-refractivity contribution in [3.8, 4) is 5.75 Å². The number of rotatable bonds is 8. The molecular formula is C46H43ClN12O5S2. The molecule has 1 amide bonds. The molecule has 0 spiro atoms. The maximum atomic E-state index is 13.4. The van der Waals surface area contributed by atoms with Gasteiger partial charge in [-0.1, -0.05) is 47.2 Å². The summed E-state index contributed by atoms with van der Waals surface area (Å²) in [5, 5.41) is 12.4. The molecule has 1 fully saturated rings. The number of hydrogen-bond donors (Lipinski definition) is 0. The summed E-state index contributed by atoms with van der Waals surface area (Å²) in [6, 6.07) is 15.3. The lowest BCUT2D eigenvalue weighted by Crippen LogP contribution is -2.35. The minimum Gasteiger partial charge on any atom is -0.497 e. The van der Waals surface area contributed by atoms with Crippen LogP contribution in [0.1, 0.15) is 56.9 Å². The molecule has 0 aliphatic carbocycles. The predicted octanol–water partition coefficient (Wildman–Crippen LogP) is 6.14. The highest BCUT2D eigenvalue weighted by Gasteiger charge is 2.31. The zero-order valence-corrected chi connectivity index (χ0v) is 38.3. The number of ether oxygens (including phenoxy) is 2. The quantitative estimate of drug-likeness (QED) is 0.171. The molecule has 10 heterocycles. The predicted molar refractivity (Wildman–Crippen MR) is 252 cm³/mol. The van der Waals surface area contributed by atoms with Gasteiger partial charge in [0.1, 0.15) is 33.8 Å². The molecule has 12 rings (SSSR count). The second-order valence-electron chi connectivity index (χ2n) is 16.6. The van der Waals surface area contributed by atoms with Gasteiger partial charge in [0.05, 0.1) is 48.7 Å². The SMILES string of the molecule is COc1ccc(Cn2c(=O)n3ncnc3c3c4c(sc32)N(CC2CCOCC2)CCC4)cc1.O=C(c1cnccn1)N1CCc2c(sc3c2c2ncnn2c(=O)n3Cc2ccc(Cl)cc2)C1. The molecule has 3 aliphatic heterocycles. The minimum atomic E-state index is -0.254. The number of halogens is 1. The Labute approximate surface area is 389 Å². The number of nitrogens with zero attached hydrogens (tertiary/aromatic N) is 12. The summed E-state index contributed by atoms with van der Waals surface area (Å²) in [5.74, 6) is 1.31. The van der Waals surface area contributed by atoms with Gasteiger partial charge in [0, 0.05) is 55.1 Å². The summed E-state index contributed by atoms with van der Waals surface area (Å²) in [6.07, 6.45) is 12.4. The molecule has 0 unspecified atom stereocenters. The van der Waals surface area contributed by atoms with Gasteiger partial charge in [0.2, 0.25) is 0 Å². The average Bonchev–Trinajstić information content (AvgIpc) is 4.19. The zero-order valence-electron chi connectivity index (χ0n) is 35.9. The molecule has 7 aromatic heterocycles. The first-order valence-electron chi connectivity index (χ1n) is 21.8. The van der Waals surface area contributed by atoms with Crippen molar-refractivity contribution < 1.29 is 14.3 Å². The van der Waals surface area contributed by atoms with Gasteiger partial charge in [-0.05, 0) is 84.5 Å². The van der Waals surface area contributed by atoms with Crippen LogP contribution in [0.2, 0.25) is 5.02 Å². The normalized spacial score (nSPS) is 15.3. The lowest BCUT2D eigenvalue weighted by Gasteiger charge is -2.33. The lowest BCUT2D eigenvalue weighted by molar-refractivity contribution is 0.0681. The molecule has 2 aromatic carbocycles. The summed E-state index contributed by atoms with van der Waals surface area (Å²) in [5.41, 5.74) is 5.56. The van der Waals surface area contributed by atoms with Crippen molar-refractivity contribution in [3.05, 3.63) is 139 Å². The molecule has 66 heavy (non-hydrogen) atoms. The Morgan fingerprint density at radius 1 is 0.803 bits per heavy atom. The fourth-order valence-corrected chi connectivity index (χ4v) is 12.2. The molecule has 17 nitrogen and oxygen atoms in total. The maximum absolute atomic E-state index is 13.4. The molecule has 1 saturated heterocycles. The van der Waals surface area contributed by atoms with Crippen molar-refractivity contribution >= 4 is 76.9 Å². The van der Waals surface area contributed by atoms with Crippen LogP contribution in [-0.4, -0.2) is 99.1 Å². The number of amides is 1. The summed E-state index contributed by atoms with van der Waals surface area (Å²) in [4.78, 5) is 63.8. The molecule has 336 valence electrons. The maximum Gasteiger partial charge on any atom is 0.352 e. The minimum absolute atomic E-state index is 0.152. The van der Waals surface area contributed by atoms with Gasteiger partial charge in [0.25, 0.3) is 5.91 Å². The molecule has 3 aliphatic rings. The third-order valence-electron chi connectivity index (χ3n) is 12.6. The smallest absolute Gasteiger partial charge is 0.352 e. The van der Waals surface area contributed by atoms with E-state index in [-0.39, 0.29) is 17.3 Å². The van der Waals surface area contributed by atoms with Crippen LogP contribution < -0.4 is 21.0 Å². The van der Waals surface area contributed by atoms with Crippen LogP contribution in [0.15, 0.2) is 89.4 Å². The first-order valence-corrected chi connectivity index (χ1v) is 23.8. The average molecular weight is 944 g/mol. The molecule has 0 N–H and O–H groups in total. The van der Waals surface area contributed by atoms with E-state index in [2.05, 4.69) is 35.0 Å². The third kappa shape index (κ3) is 7.68. The van der Waals surface area contributed by atoms with E-state index in [9.17, 15) is 14.4 Å². The summed E-state index contributed by atoms with van der Waals surface area (Å²) in [6.45, 7) is 5.68. The van der Waals surface area contributed by atoms with Crippen molar-refractivity contribution in [2.75, 3.05) is 44.9 Å².